The summed E-state index contributed by atoms with van der Waals surface area (Å²) in [6.07, 6.45) is -15.2. The minimum atomic E-state index is -2.34. The molecule has 8 amide bonds. The third-order valence-electron chi connectivity index (χ3n) is 19.2. The molecule has 7 aliphatic rings. The molecular weight excluding hydrogens is 1470 g/mol. The summed E-state index contributed by atoms with van der Waals surface area (Å²) in [5, 5.41) is 125. The summed E-state index contributed by atoms with van der Waals surface area (Å²) in [5.41, 5.74) is 9.27. The minimum Gasteiger partial charge on any atom is -0.508 e. The van der Waals surface area contributed by atoms with Crippen molar-refractivity contribution in [3.63, 3.8) is 0 Å². The number of rotatable bonds is 16. The second kappa shape index (κ2) is 33.4. The van der Waals surface area contributed by atoms with Gasteiger partial charge in [-0.05, 0) is 134 Å². The fourth-order valence-corrected chi connectivity index (χ4v) is 13.9. The maximum atomic E-state index is 16.2. The van der Waals surface area contributed by atoms with Crippen molar-refractivity contribution >= 4 is 70.5 Å². The number of amides is 8. The van der Waals surface area contributed by atoms with Crippen LogP contribution in [0.4, 0.5) is 0 Å². The number of phenols is 3. The Hall–Kier alpha value is -10.0. The molecule has 5 aromatic carbocycles. The van der Waals surface area contributed by atoms with Crippen LogP contribution in [0.2, 0.25) is 10.0 Å². The zero-order valence-corrected chi connectivity index (χ0v) is 60.6. The van der Waals surface area contributed by atoms with Crippen LogP contribution in [0.15, 0.2) is 103 Å². The van der Waals surface area contributed by atoms with E-state index < -0.39 is 220 Å². The largest absolute Gasteiger partial charge is 0.508 e. The van der Waals surface area contributed by atoms with Gasteiger partial charge in [0.25, 0.3) is 0 Å². The number of aromatic nitrogens is 1. The van der Waals surface area contributed by atoms with E-state index in [2.05, 4.69) is 47.5 Å². The Morgan fingerprint density at radius 2 is 1.38 bits per heavy atom. The molecule has 7 aliphatic heterocycles. The van der Waals surface area contributed by atoms with E-state index in [1.54, 1.807) is 18.3 Å². The van der Waals surface area contributed by atoms with Crippen molar-refractivity contribution in [2.24, 2.45) is 17.4 Å². The molecule has 2 fully saturated rings. The van der Waals surface area contributed by atoms with Crippen LogP contribution in [0, 0.1) is 5.92 Å². The van der Waals surface area contributed by atoms with Crippen LogP contribution in [0.25, 0.3) is 11.1 Å². The van der Waals surface area contributed by atoms with Gasteiger partial charge in [0.05, 0.1) is 41.3 Å². The van der Waals surface area contributed by atoms with Gasteiger partial charge >= 0.3 is 0 Å². The van der Waals surface area contributed by atoms with Crippen molar-refractivity contribution in [3.05, 3.63) is 147 Å². The van der Waals surface area contributed by atoms with Crippen LogP contribution >= 0.6 is 23.2 Å². The van der Waals surface area contributed by atoms with Crippen molar-refractivity contribution < 1.29 is 113 Å². The average Bonchev–Trinajstić information content (AvgIpc) is 0.768. The Morgan fingerprint density at radius 3 is 1.99 bits per heavy atom. The zero-order valence-electron chi connectivity index (χ0n) is 59.0. The number of likely N-dealkylation sites (N-methyl/N-ethyl adjacent to an activating group) is 1. The molecule has 18 atom stereocenters. The quantitative estimate of drug-likeness (QED) is 0.0636. The number of nitrogens with one attached hydrogen (secondary N) is 8. The molecule has 0 radical (unpaired) electrons. The lowest BCUT2D eigenvalue weighted by atomic mass is 9.86. The molecule has 6 aromatic rings. The van der Waals surface area contributed by atoms with Gasteiger partial charge in [-0.25, -0.2) is 0 Å². The minimum absolute atomic E-state index is 0.0951. The Morgan fingerprint density at radius 1 is 0.734 bits per heavy atom. The van der Waals surface area contributed by atoms with Gasteiger partial charge in [-0.3, -0.25) is 43.3 Å². The van der Waals surface area contributed by atoms with Crippen molar-refractivity contribution in [1.29, 1.82) is 0 Å². The molecule has 36 heteroatoms. The first kappa shape index (κ1) is 80.0. The normalized spacial score (nSPS) is 28.1. The predicted molar refractivity (Wildman–Crippen MR) is 383 cm³/mol. The molecule has 8 heterocycles. The number of carbonyl (C=O) groups is 8. The lowest BCUT2D eigenvalue weighted by Crippen LogP contribution is -2.64. The third-order valence-corrected chi connectivity index (χ3v) is 19.8. The number of benzene rings is 5. The van der Waals surface area contributed by atoms with E-state index in [4.69, 9.17) is 63.1 Å². The topological polar surface area (TPSA) is 535 Å². The standard InChI is InChI=1S/C73H83Cl2N11O23/c1-29(2)17-41(78-5)65(97)85-56-58(92)33-9-12-45(39(74)19-33)105-47-21-35-22-48(62(47)109-72-63(61(95)60(94)49(28-87)107-72)108-51-26-73(4,77)64(96)30(3)104-51)106-46-13-10-34(20-40(46)75)59(93)57-71(103)84-55(67(99)80-16-14-31-7-6-15-79-27-31)38-23-36(88)24-44(90)52(38)37-18-32(8-11-43(37)89)53(68(100)86-57)83-69(101)54(35)82-66(98)42(25-50(76)91)81-70(56)102/h6-13,15,18-24,27,29-30,41-42,49,51,53-61,63-64,72,78,87-90,92-96H,14,16-17,25-26,28,77H2,1-5H3,(H2,76,91)(H,80,99)(H,81,102)(H,82,98)(H,83,101)(H,84,103)(H,85,97)(H,86,100)/t30-,41+,42-,49-,51-,53+,54+,55-,56+,57-,58+,59+,60-,61+,63-,64+,72+,73-/m1/s1. The van der Waals surface area contributed by atoms with Crippen LogP contribution in [0.1, 0.15) is 111 Å². The van der Waals surface area contributed by atoms with Gasteiger partial charge in [0.1, 0.15) is 95.5 Å². The SMILES string of the molecule is CN[C@@H](CC(C)C)C(=O)N[C@@H]1C(=O)N[C@H](CC(N)=O)C(=O)N[C@@H]2C(=O)N[C@@H]3C(=O)N[C@@H](C(=O)N[C@@H](C(=O)NCCc4cccnc4)c4cc(O)cc(O)c4-c4cc3ccc4O)[C@@H](O)c3ccc(c(Cl)c3)Oc3cc2cc(c3O[C@@H]2O[C@H](CO)[C@@H](O)[C@H](O)[C@H]2O[C@@H]2C[C@@](C)(N)[C@@H](O)[C@@H](C)O2)Oc2ccc(cc2Cl)[C@@H]1O. The van der Waals surface area contributed by atoms with Crippen LogP contribution in [-0.4, -0.2) is 197 Å². The predicted octanol–water partition coefficient (Wildman–Crippen LogP) is 0.775. The van der Waals surface area contributed by atoms with E-state index in [1.165, 1.54) is 45.3 Å². The second-order valence-corrected chi connectivity index (χ2v) is 28.6. The third kappa shape index (κ3) is 17.7. The number of nitrogens with two attached hydrogens (primary N) is 2. The van der Waals surface area contributed by atoms with Crippen molar-refractivity contribution in [1.82, 2.24) is 47.5 Å². The van der Waals surface area contributed by atoms with E-state index in [9.17, 15) is 65.1 Å². The fraction of sp³-hybridized carbons (Fsp3) is 0.411. The molecule has 0 saturated carbocycles. The van der Waals surface area contributed by atoms with Crippen LogP contribution in [0.5, 0.6) is 46.0 Å². The monoisotopic (exact) mass is 1550 g/mol. The van der Waals surface area contributed by atoms with E-state index in [-0.39, 0.29) is 76.1 Å². The van der Waals surface area contributed by atoms with Gasteiger partial charge < -0.3 is 128 Å². The molecule has 0 aliphatic carbocycles. The summed E-state index contributed by atoms with van der Waals surface area (Å²) < 4.78 is 38.6. The van der Waals surface area contributed by atoms with Crippen molar-refractivity contribution in [3.8, 4) is 57.1 Å². The molecule has 11 bridgehead atoms. The van der Waals surface area contributed by atoms with Crippen molar-refractivity contribution in [2.75, 3.05) is 20.2 Å². The Kier molecular flexibility index (Phi) is 24.5. The van der Waals surface area contributed by atoms with Crippen molar-refractivity contribution in [2.45, 2.75) is 163 Å². The van der Waals surface area contributed by atoms with Crippen LogP contribution in [-0.2, 0) is 59.0 Å². The highest BCUT2D eigenvalue weighted by Crippen LogP contribution is 2.50. The summed E-state index contributed by atoms with van der Waals surface area (Å²) >= 11 is 14.3. The maximum absolute atomic E-state index is 16.2. The number of carbonyl (C=O) groups excluding carboxylic acids is 8. The van der Waals surface area contributed by atoms with Crippen LogP contribution < -0.4 is 68.2 Å². The van der Waals surface area contributed by atoms with Gasteiger partial charge in [-0.2, -0.15) is 0 Å². The number of pyridine rings is 1. The molecule has 0 spiro atoms. The molecule has 1 aromatic heterocycles. The molecule has 13 rings (SSSR count). The number of hydrogen-bond acceptors (Lipinski definition) is 26. The molecule has 2 saturated heterocycles. The van der Waals surface area contributed by atoms with Crippen LogP contribution in [0.3, 0.4) is 0 Å². The summed E-state index contributed by atoms with van der Waals surface area (Å²) in [6.45, 7) is 5.60. The number of fused-ring (bicyclic) bond motifs is 15. The van der Waals surface area contributed by atoms with E-state index in [1.807, 2.05) is 13.8 Å². The van der Waals surface area contributed by atoms with E-state index in [0.29, 0.717) is 5.56 Å². The number of phenolic OH excluding ortho intramolecular Hbond substituents is 3. The first-order valence-electron chi connectivity index (χ1n) is 34.6. The van der Waals surface area contributed by atoms with E-state index >= 15 is 19.2 Å². The zero-order chi connectivity index (χ0) is 78.8. The Bertz CT molecular complexity index is 4470. The highest BCUT2D eigenvalue weighted by molar-refractivity contribution is 6.32. The lowest BCUT2D eigenvalue weighted by Gasteiger charge is -2.47. The molecule has 34 nitrogen and oxygen atoms in total. The smallest absolute Gasteiger partial charge is 0.248 e. The maximum Gasteiger partial charge on any atom is 0.248 e. The molecule has 21 N–H and O–H groups in total. The summed E-state index contributed by atoms with van der Waals surface area (Å²) in [4.78, 5) is 124. The number of nitrogens with zero attached hydrogens (tertiary/aromatic N) is 1. The average molecular weight is 1550 g/mol. The van der Waals surface area contributed by atoms with Gasteiger partial charge in [-0.1, -0.05) is 61.3 Å². The number of aliphatic hydroxyl groups is 6. The Balaban J connectivity index is 1.14. The number of hydrogen-bond donors (Lipinski definition) is 19. The van der Waals surface area contributed by atoms with Gasteiger partial charge in [0.2, 0.25) is 59.3 Å². The molecule has 0 unspecified atom stereocenters. The number of halogens is 2. The summed E-state index contributed by atoms with van der Waals surface area (Å²) in [5.74, 6) is -14.6. The highest BCUT2D eigenvalue weighted by atomic mass is 35.5. The van der Waals surface area contributed by atoms with Gasteiger partial charge in [0.15, 0.2) is 23.9 Å². The summed E-state index contributed by atoms with van der Waals surface area (Å²) in [7, 11) is 1.48. The lowest BCUT2D eigenvalue weighted by molar-refractivity contribution is -0.333. The molecule has 582 valence electrons. The molecule has 109 heavy (non-hydrogen) atoms. The Labute approximate surface area is 632 Å². The van der Waals surface area contributed by atoms with E-state index in [0.717, 1.165) is 60.7 Å². The first-order chi connectivity index (χ1) is 51.7. The molecular formula is C73H83Cl2N11O23. The first-order valence-corrected chi connectivity index (χ1v) is 35.4. The second-order valence-electron chi connectivity index (χ2n) is 27.8. The van der Waals surface area contributed by atoms with Gasteiger partial charge in [0, 0.05) is 48.1 Å². The van der Waals surface area contributed by atoms with Gasteiger partial charge in [-0.15, -0.1) is 0 Å². The highest BCUT2D eigenvalue weighted by Gasteiger charge is 2.52. The summed E-state index contributed by atoms with van der Waals surface area (Å²) in [6, 6.07) is 3.74. The number of aliphatic hydroxyl groups excluding tert-OH is 6. The number of aromatic hydroxyl groups is 3. The number of ether oxygens (including phenoxy) is 6. The number of primary amides is 1. The fourth-order valence-electron chi connectivity index (χ4n) is 13.5.